The first-order valence-electron chi connectivity index (χ1n) is 3.08. The summed E-state index contributed by atoms with van der Waals surface area (Å²) in [5.41, 5.74) is 4.87. The lowest BCUT2D eigenvalue weighted by Crippen LogP contribution is -1.64. The summed E-state index contributed by atoms with van der Waals surface area (Å²) in [7, 11) is 0. The van der Waals surface area contributed by atoms with E-state index in [2.05, 4.69) is 18.2 Å². The summed E-state index contributed by atoms with van der Waals surface area (Å²) in [6.45, 7) is 0. The third kappa shape index (κ3) is 0.172. The van der Waals surface area contributed by atoms with Crippen LogP contribution in [0.1, 0.15) is 6.42 Å². The van der Waals surface area contributed by atoms with Crippen LogP contribution in [-0.4, -0.2) is 0 Å². The quantitative estimate of drug-likeness (QED) is 0.437. The molecule has 3 rings (SSSR count). The molecule has 0 N–H and O–H groups in total. The van der Waals surface area contributed by atoms with E-state index >= 15 is 0 Å². The number of hydrogen-bond donors (Lipinski definition) is 0. The van der Waals surface area contributed by atoms with Crippen molar-refractivity contribution in [1.82, 2.24) is 0 Å². The van der Waals surface area contributed by atoms with Crippen molar-refractivity contribution in [3.63, 3.8) is 0 Å². The predicted molar refractivity (Wildman–Crippen MR) is 32.4 cm³/mol. The van der Waals surface area contributed by atoms with Crippen LogP contribution in [0.3, 0.4) is 0 Å². The van der Waals surface area contributed by atoms with E-state index < -0.39 is 0 Å². The van der Waals surface area contributed by atoms with Gasteiger partial charge < -0.3 is 0 Å². The Kier molecular flexibility index (Phi) is 0.301. The van der Waals surface area contributed by atoms with Gasteiger partial charge in [-0.05, 0) is 23.1 Å². The fourth-order valence-corrected chi connectivity index (χ4v) is 1.78. The maximum absolute atomic E-state index is 2.36. The number of allylic oxidation sites excluding steroid dienone is 6. The molecule has 0 spiro atoms. The molecular weight excluding hydrogens is 96.1 g/mol. The van der Waals surface area contributed by atoms with E-state index in [1.54, 1.807) is 16.7 Å². The van der Waals surface area contributed by atoms with E-state index in [0.717, 1.165) is 5.92 Å². The molecule has 0 aliphatic heterocycles. The molecule has 1 fully saturated rings. The molecule has 0 heteroatoms. The van der Waals surface area contributed by atoms with E-state index in [1.807, 2.05) is 0 Å². The first-order chi connectivity index (χ1) is 3.97. The van der Waals surface area contributed by atoms with Gasteiger partial charge in [0.2, 0.25) is 0 Å². The molecule has 0 heterocycles. The minimum Gasteiger partial charge on any atom is -0.0756 e. The van der Waals surface area contributed by atoms with Crippen molar-refractivity contribution < 1.29 is 0 Å². The lowest BCUT2D eigenvalue weighted by atomic mass is 10.2. The standard InChI is InChI=1S/C8H6/c1-3-6-7-4-2-5(1)8(6)7/h1,3-4,6H,2H2. The molecule has 3 aliphatic carbocycles. The van der Waals surface area contributed by atoms with Crippen LogP contribution in [0.5, 0.6) is 0 Å². The summed E-state index contributed by atoms with van der Waals surface area (Å²) in [5, 5.41) is 0. The van der Waals surface area contributed by atoms with Gasteiger partial charge in [-0.1, -0.05) is 18.2 Å². The highest BCUT2D eigenvalue weighted by atomic mass is 14.5. The monoisotopic (exact) mass is 102 g/mol. The molecule has 0 aromatic heterocycles. The van der Waals surface area contributed by atoms with Crippen molar-refractivity contribution in [2.24, 2.45) is 5.92 Å². The van der Waals surface area contributed by atoms with Crippen molar-refractivity contribution in [2.75, 3.05) is 0 Å². The van der Waals surface area contributed by atoms with Gasteiger partial charge in [0.1, 0.15) is 0 Å². The van der Waals surface area contributed by atoms with Crippen molar-refractivity contribution >= 4 is 0 Å². The summed E-state index contributed by atoms with van der Waals surface area (Å²) in [6.07, 6.45) is 8.16. The molecule has 3 aliphatic rings. The summed E-state index contributed by atoms with van der Waals surface area (Å²) < 4.78 is 0. The molecular formula is C8H6. The molecule has 1 saturated carbocycles. The summed E-state index contributed by atoms with van der Waals surface area (Å²) in [5.74, 6) is 0.804. The molecule has 0 saturated heterocycles. The second-order valence-electron chi connectivity index (χ2n) is 2.64. The highest BCUT2D eigenvalue weighted by Gasteiger charge is 2.42. The molecule has 0 aromatic rings. The molecule has 1 atom stereocenters. The van der Waals surface area contributed by atoms with Gasteiger partial charge in [0, 0.05) is 5.92 Å². The Bertz CT molecular complexity index is 251. The van der Waals surface area contributed by atoms with Gasteiger partial charge in [0.05, 0.1) is 0 Å². The summed E-state index contributed by atoms with van der Waals surface area (Å²) in [4.78, 5) is 0. The summed E-state index contributed by atoms with van der Waals surface area (Å²) in [6, 6.07) is 0. The molecule has 38 valence electrons. The average Bonchev–Trinajstić information content (AvgIpc) is 2.11. The number of fused-ring (bicyclic) bond motifs is 1. The zero-order chi connectivity index (χ0) is 5.14. The van der Waals surface area contributed by atoms with Crippen LogP contribution in [0.25, 0.3) is 0 Å². The number of rotatable bonds is 0. The molecule has 0 aromatic carbocycles. The zero-order valence-corrected chi connectivity index (χ0v) is 4.52. The van der Waals surface area contributed by atoms with Crippen molar-refractivity contribution in [2.45, 2.75) is 6.42 Å². The minimum absolute atomic E-state index is 0.804. The van der Waals surface area contributed by atoms with E-state index in [0.29, 0.717) is 0 Å². The summed E-state index contributed by atoms with van der Waals surface area (Å²) >= 11 is 0. The van der Waals surface area contributed by atoms with Crippen molar-refractivity contribution in [1.29, 1.82) is 0 Å². The van der Waals surface area contributed by atoms with Gasteiger partial charge in [0.15, 0.2) is 0 Å². The largest absolute Gasteiger partial charge is 0.0756 e. The van der Waals surface area contributed by atoms with E-state index in [1.165, 1.54) is 6.42 Å². The first kappa shape index (κ1) is 3.29. The smallest absolute Gasteiger partial charge is 0.0278 e. The third-order valence-corrected chi connectivity index (χ3v) is 2.25. The highest BCUT2D eigenvalue weighted by molar-refractivity contribution is 5.71. The van der Waals surface area contributed by atoms with Crippen LogP contribution in [0.4, 0.5) is 0 Å². The molecule has 0 bridgehead atoms. The Balaban J connectivity index is 2.41. The van der Waals surface area contributed by atoms with Crippen LogP contribution in [0, 0.1) is 5.92 Å². The second-order valence-corrected chi connectivity index (χ2v) is 2.64. The van der Waals surface area contributed by atoms with E-state index in [-0.39, 0.29) is 0 Å². The molecule has 0 amide bonds. The molecule has 1 unspecified atom stereocenters. The van der Waals surface area contributed by atoms with Gasteiger partial charge >= 0.3 is 0 Å². The van der Waals surface area contributed by atoms with Crippen LogP contribution in [0.15, 0.2) is 34.9 Å². The lowest BCUT2D eigenvalue weighted by Gasteiger charge is -1.82. The Morgan fingerprint density at radius 3 is 3.12 bits per heavy atom. The third-order valence-electron chi connectivity index (χ3n) is 2.25. The van der Waals surface area contributed by atoms with Crippen LogP contribution in [0.2, 0.25) is 0 Å². The highest BCUT2D eigenvalue weighted by Crippen LogP contribution is 2.57. The van der Waals surface area contributed by atoms with Crippen LogP contribution in [-0.2, 0) is 0 Å². The maximum Gasteiger partial charge on any atom is 0.0278 e. The van der Waals surface area contributed by atoms with Crippen molar-refractivity contribution in [3.05, 3.63) is 34.9 Å². The zero-order valence-electron chi connectivity index (χ0n) is 4.52. The molecule has 8 heavy (non-hydrogen) atoms. The Labute approximate surface area is 48.2 Å². The Morgan fingerprint density at radius 1 is 1.50 bits per heavy atom. The van der Waals surface area contributed by atoms with Gasteiger partial charge in [0.25, 0.3) is 0 Å². The Hall–Kier alpha value is -0.780. The van der Waals surface area contributed by atoms with Crippen molar-refractivity contribution in [3.8, 4) is 0 Å². The minimum atomic E-state index is 0.804. The topological polar surface area (TPSA) is 0 Å². The predicted octanol–water partition coefficient (Wildman–Crippen LogP) is 1.81. The molecule has 0 nitrogen and oxygen atoms in total. The van der Waals surface area contributed by atoms with Gasteiger partial charge in [-0.2, -0.15) is 0 Å². The lowest BCUT2D eigenvalue weighted by molar-refractivity contribution is 1.22. The van der Waals surface area contributed by atoms with Gasteiger partial charge in [-0.25, -0.2) is 0 Å². The van der Waals surface area contributed by atoms with Gasteiger partial charge in [-0.15, -0.1) is 0 Å². The maximum atomic E-state index is 2.36. The second kappa shape index (κ2) is 0.732. The first-order valence-corrected chi connectivity index (χ1v) is 3.08. The van der Waals surface area contributed by atoms with E-state index in [4.69, 9.17) is 0 Å². The number of hydrogen-bond acceptors (Lipinski definition) is 0. The SMILES string of the molecule is C1=CC2C3=CCC1=C32. The normalized spacial score (nSPS) is 36.0. The average molecular weight is 102 g/mol. The van der Waals surface area contributed by atoms with Crippen LogP contribution >= 0.6 is 0 Å². The van der Waals surface area contributed by atoms with Crippen LogP contribution < -0.4 is 0 Å². The van der Waals surface area contributed by atoms with E-state index in [9.17, 15) is 0 Å². The fourth-order valence-electron chi connectivity index (χ4n) is 1.78. The Morgan fingerprint density at radius 2 is 2.50 bits per heavy atom. The molecule has 0 radical (unpaired) electrons. The fraction of sp³-hybridized carbons (Fsp3) is 0.250. The van der Waals surface area contributed by atoms with Gasteiger partial charge in [-0.3, -0.25) is 0 Å².